The van der Waals surface area contributed by atoms with Gasteiger partial charge >= 0.3 is 0 Å². The van der Waals surface area contributed by atoms with Gasteiger partial charge in [0, 0.05) is 12.6 Å². The van der Waals surface area contributed by atoms with Crippen LogP contribution in [0, 0.1) is 12.7 Å². The lowest BCUT2D eigenvalue weighted by Crippen LogP contribution is -2.05. The van der Waals surface area contributed by atoms with E-state index in [1.54, 1.807) is 45.8 Å². The summed E-state index contributed by atoms with van der Waals surface area (Å²) >= 11 is 1.57. The number of ether oxygens (including phenoxy) is 1. The highest BCUT2D eigenvalue weighted by Gasteiger charge is 2.23. The normalized spacial score (nSPS) is 11.3. The number of thiophene rings is 1. The number of halogens is 1. The number of rotatable bonds is 5. The van der Waals surface area contributed by atoms with E-state index < -0.39 is 5.82 Å². The fourth-order valence-corrected chi connectivity index (χ4v) is 3.91. The predicted molar refractivity (Wildman–Crippen MR) is 110 cm³/mol. The minimum absolute atomic E-state index is 0.187. The van der Waals surface area contributed by atoms with Crippen molar-refractivity contribution in [2.24, 2.45) is 7.05 Å². The number of nitrogens with zero attached hydrogens (tertiary/aromatic N) is 7. The van der Waals surface area contributed by atoms with Crippen LogP contribution in [0.2, 0.25) is 0 Å². The highest BCUT2D eigenvalue weighted by atomic mass is 32.1. The van der Waals surface area contributed by atoms with E-state index in [4.69, 9.17) is 4.74 Å². The van der Waals surface area contributed by atoms with E-state index in [-0.39, 0.29) is 6.61 Å². The Morgan fingerprint density at radius 1 is 1.17 bits per heavy atom. The van der Waals surface area contributed by atoms with E-state index in [0.717, 1.165) is 16.6 Å². The van der Waals surface area contributed by atoms with Crippen LogP contribution in [0.3, 0.4) is 0 Å². The molecule has 4 heterocycles. The number of aromatic nitrogens is 7. The molecule has 8 nitrogen and oxygen atoms in total. The fraction of sp³-hybridized carbons (Fsp3) is 0.150. The van der Waals surface area contributed by atoms with Crippen molar-refractivity contribution >= 4 is 16.9 Å². The molecule has 0 spiro atoms. The molecule has 0 aliphatic rings. The first-order chi connectivity index (χ1) is 14.6. The van der Waals surface area contributed by atoms with E-state index in [1.165, 1.54) is 12.4 Å². The first kappa shape index (κ1) is 18.4. The van der Waals surface area contributed by atoms with Crippen LogP contribution in [0.4, 0.5) is 4.39 Å². The van der Waals surface area contributed by atoms with Crippen LogP contribution in [0.5, 0.6) is 5.88 Å². The summed E-state index contributed by atoms with van der Waals surface area (Å²) < 4.78 is 23.8. The van der Waals surface area contributed by atoms with Crippen molar-refractivity contribution in [3.63, 3.8) is 0 Å². The average molecular weight is 421 g/mol. The summed E-state index contributed by atoms with van der Waals surface area (Å²) in [4.78, 5) is 4.19. The number of hydrogen-bond donors (Lipinski definition) is 0. The third kappa shape index (κ3) is 3.01. The Labute approximate surface area is 174 Å². The zero-order valence-electron chi connectivity index (χ0n) is 16.2. The quantitative estimate of drug-likeness (QED) is 0.431. The largest absolute Gasteiger partial charge is 0.468 e. The van der Waals surface area contributed by atoms with Gasteiger partial charge in [-0.15, -0.1) is 10.2 Å². The maximum absolute atomic E-state index is 14.5. The van der Waals surface area contributed by atoms with Crippen LogP contribution in [0.25, 0.3) is 28.0 Å². The Kier molecular flexibility index (Phi) is 4.47. The molecule has 1 aromatic carbocycles. The molecule has 4 aromatic heterocycles. The van der Waals surface area contributed by atoms with Gasteiger partial charge in [0.15, 0.2) is 11.6 Å². The monoisotopic (exact) mass is 421 g/mol. The van der Waals surface area contributed by atoms with Gasteiger partial charge in [0.1, 0.15) is 24.3 Å². The topological polar surface area (TPSA) is 83.0 Å². The Bertz CT molecular complexity index is 1340. The predicted octanol–water partition coefficient (Wildman–Crippen LogP) is 3.67. The van der Waals surface area contributed by atoms with Gasteiger partial charge in [-0.1, -0.05) is 12.1 Å². The molecule has 0 aliphatic heterocycles. The van der Waals surface area contributed by atoms with Crippen molar-refractivity contribution in [1.29, 1.82) is 0 Å². The smallest absolute Gasteiger partial charge is 0.242 e. The van der Waals surface area contributed by atoms with Crippen LogP contribution in [-0.2, 0) is 13.7 Å². The molecule has 0 amide bonds. The third-order valence-electron chi connectivity index (χ3n) is 4.76. The van der Waals surface area contributed by atoms with Crippen LogP contribution in [-0.4, -0.2) is 34.6 Å². The summed E-state index contributed by atoms with van der Waals surface area (Å²) in [5.74, 6) is 0.960. The van der Waals surface area contributed by atoms with Crippen molar-refractivity contribution in [3.05, 3.63) is 64.8 Å². The highest BCUT2D eigenvalue weighted by molar-refractivity contribution is 7.08. The van der Waals surface area contributed by atoms with E-state index in [2.05, 4.69) is 25.4 Å². The van der Waals surface area contributed by atoms with Crippen LogP contribution in [0.1, 0.15) is 11.5 Å². The summed E-state index contributed by atoms with van der Waals surface area (Å²) in [5, 5.41) is 21.2. The van der Waals surface area contributed by atoms with Gasteiger partial charge in [0.2, 0.25) is 5.88 Å². The number of benzene rings is 1. The molecule has 0 N–H and O–H groups in total. The van der Waals surface area contributed by atoms with Gasteiger partial charge in [0.25, 0.3) is 0 Å². The molecular weight excluding hydrogens is 405 g/mol. The van der Waals surface area contributed by atoms with E-state index in [1.807, 2.05) is 23.8 Å². The molecule has 0 radical (unpaired) electrons. The second-order valence-electron chi connectivity index (χ2n) is 6.63. The zero-order chi connectivity index (χ0) is 20.7. The van der Waals surface area contributed by atoms with E-state index in [9.17, 15) is 4.39 Å². The second-order valence-corrected chi connectivity index (χ2v) is 7.41. The first-order valence-corrected chi connectivity index (χ1v) is 10.1. The van der Waals surface area contributed by atoms with Crippen molar-refractivity contribution in [1.82, 2.24) is 34.6 Å². The van der Waals surface area contributed by atoms with E-state index >= 15 is 0 Å². The van der Waals surface area contributed by atoms with Gasteiger partial charge in [0.05, 0.1) is 16.8 Å². The first-order valence-electron chi connectivity index (χ1n) is 9.12. The van der Waals surface area contributed by atoms with Crippen molar-refractivity contribution < 1.29 is 9.13 Å². The van der Waals surface area contributed by atoms with Gasteiger partial charge in [-0.3, -0.25) is 4.68 Å². The Morgan fingerprint density at radius 3 is 2.77 bits per heavy atom. The van der Waals surface area contributed by atoms with Crippen LogP contribution >= 0.6 is 11.3 Å². The lowest BCUT2D eigenvalue weighted by Gasteiger charge is -2.06. The molecule has 5 rings (SSSR count). The van der Waals surface area contributed by atoms with Crippen molar-refractivity contribution in [2.45, 2.75) is 13.5 Å². The average Bonchev–Trinajstić information content (AvgIpc) is 3.47. The lowest BCUT2D eigenvalue weighted by atomic mass is 10.1. The Balaban J connectivity index is 1.72. The van der Waals surface area contributed by atoms with Crippen molar-refractivity contribution in [3.8, 4) is 28.4 Å². The van der Waals surface area contributed by atoms with E-state index in [0.29, 0.717) is 28.8 Å². The molecule has 0 saturated heterocycles. The summed E-state index contributed by atoms with van der Waals surface area (Å²) in [6, 6.07) is 8.41. The maximum atomic E-state index is 14.5. The minimum atomic E-state index is -0.397. The fourth-order valence-electron chi connectivity index (χ4n) is 3.26. The molecule has 10 heteroatoms. The van der Waals surface area contributed by atoms with Gasteiger partial charge in [-0.05, 0) is 35.9 Å². The summed E-state index contributed by atoms with van der Waals surface area (Å²) in [6.07, 6.45) is 1.47. The SMILES string of the molecule is Cc1nnc(-c2ccccc2F)n2nc(OCc3ncnn3C)c(-c3ccsc3)c12. The van der Waals surface area contributed by atoms with Crippen LogP contribution < -0.4 is 4.74 Å². The lowest BCUT2D eigenvalue weighted by molar-refractivity contribution is 0.278. The second kappa shape index (κ2) is 7.30. The summed E-state index contributed by atoms with van der Waals surface area (Å²) in [7, 11) is 1.80. The number of fused-ring (bicyclic) bond motifs is 1. The Hall–Kier alpha value is -3.66. The maximum Gasteiger partial charge on any atom is 0.242 e. The van der Waals surface area contributed by atoms with Crippen LogP contribution in [0.15, 0.2) is 47.4 Å². The molecule has 0 aliphatic carbocycles. The number of hydrogen-bond acceptors (Lipinski definition) is 7. The molecule has 30 heavy (non-hydrogen) atoms. The summed E-state index contributed by atoms with van der Waals surface area (Å²) in [5.41, 5.74) is 3.42. The van der Waals surface area contributed by atoms with Gasteiger partial charge in [-0.25, -0.2) is 13.9 Å². The standard InChI is InChI=1S/C20H16FN7OS/c1-12-18-17(13-7-8-30-10-13)20(29-9-16-22-11-23-27(16)2)26-28(18)19(25-24-12)14-5-3-4-6-15(14)21/h3-8,10-11H,9H2,1-2H3. The zero-order valence-corrected chi connectivity index (χ0v) is 17.0. The molecular formula is C20H16FN7OS. The Morgan fingerprint density at radius 2 is 2.03 bits per heavy atom. The van der Waals surface area contributed by atoms with Crippen molar-refractivity contribution in [2.75, 3.05) is 0 Å². The minimum Gasteiger partial charge on any atom is -0.468 e. The third-order valence-corrected chi connectivity index (χ3v) is 5.44. The molecule has 5 aromatic rings. The molecule has 0 bridgehead atoms. The highest BCUT2D eigenvalue weighted by Crippen LogP contribution is 2.38. The molecule has 150 valence electrons. The molecule has 0 saturated carbocycles. The molecule has 0 atom stereocenters. The molecule has 0 unspecified atom stereocenters. The molecule has 0 fully saturated rings. The summed E-state index contributed by atoms with van der Waals surface area (Å²) in [6.45, 7) is 2.03. The van der Waals surface area contributed by atoms with Gasteiger partial charge < -0.3 is 4.74 Å². The van der Waals surface area contributed by atoms with Gasteiger partial charge in [-0.2, -0.15) is 21.5 Å². The number of aryl methyl sites for hydroxylation is 2.